The highest BCUT2D eigenvalue weighted by Crippen LogP contribution is 2.34. The number of nitrogens with zero attached hydrogens (tertiary/aromatic N) is 2. The fourth-order valence-electron chi connectivity index (χ4n) is 2.86. The molecule has 0 bridgehead atoms. The van der Waals surface area contributed by atoms with E-state index in [4.69, 9.17) is 24.2 Å². The van der Waals surface area contributed by atoms with Crippen LogP contribution in [0.3, 0.4) is 0 Å². The van der Waals surface area contributed by atoms with E-state index in [1.54, 1.807) is 14.0 Å². The second-order valence-corrected chi connectivity index (χ2v) is 7.79. The molecule has 27 heavy (non-hydrogen) atoms. The van der Waals surface area contributed by atoms with Gasteiger partial charge in [0.2, 0.25) is 0 Å². The Hall–Kier alpha value is -2.12. The maximum Gasteiger partial charge on any atom is 0.316 e. The van der Waals surface area contributed by atoms with E-state index in [1.807, 2.05) is 24.3 Å². The summed E-state index contributed by atoms with van der Waals surface area (Å²) in [7, 11) is 1.63. The predicted molar refractivity (Wildman–Crippen MR) is 104 cm³/mol. The predicted octanol–water partition coefficient (Wildman–Crippen LogP) is 3.66. The Morgan fingerprint density at radius 2 is 2.15 bits per heavy atom. The Balaban J connectivity index is 1.99. The van der Waals surface area contributed by atoms with Crippen LogP contribution in [0.5, 0.6) is 5.75 Å². The van der Waals surface area contributed by atoms with E-state index in [2.05, 4.69) is 13.8 Å². The van der Waals surface area contributed by atoms with Gasteiger partial charge in [-0.2, -0.15) is 0 Å². The molecule has 7 heteroatoms. The van der Waals surface area contributed by atoms with E-state index in [-0.39, 0.29) is 17.3 Å². The van der Waals surface area contributed by atoms with Gasteiger partial charge in [0.25, 0.3) is 0 Å². The van der Waals surface area contributed by atoms with Crippen LogP contribution in [0.15, 0.2) is 29.3 Å². The van der Waals surface area contributed by atoms with E-state index in [1.165, 1.54) is 11.8 Å². The molecule has 0 N–H and O–H groups in total. The summed E-state index contributed by atoms with van der Waals surface area (Å²) in [5, 5.41) is 0.765. The molecule has 1 aliphatic heterocycles. The van der Waals surface area contributed by atoms with Crippen molar-refractivity contribution in [3.63, 3.8) is 0 Å². The summed E-state index contributed by atoms with van der Waals surface area (Å²) in [5.41, 5.74) is 2.51. The number of methoxy groups -OCH3 is 1. The lowest BCUT2D eigenvalue weighted by Crippen LogP contribution is -2.33. The number of thioether (sulfide) groups is 1. The van der Waals surface area contributed by atoms with Crippen molar-refractivity contribution in [1.29, 1.82) is 0 Å². The monoisotopic (exact) mass is 388 g/mol. The van der Waals surface area contributed by atoms with Gasteiger partial charge in [0.05, 0.1) is 37.4 Å². The maximum atomic E-state index is 11.8. The number of ether oxygens (including phenoxy) is 3. The summed E-state index contributed by atoms with van der Waals surface area (Å²) in [6, 6.07) is 7.66. The first-order valence-corrected chi connectivity index (χ1v) is 9.87. The SMILES string of the molecule is CCOC(=O)CSc1nc(-c2cccc(OC)c2)nc2c1COC(C)(C)C2. The zero-order valence-electron chi connectivity index (χ0n) is 16.1. The minimum absolute atomic E-state index is 0.207. The van der Waals surface area contributed by atoms with Gasteiger partial charge in [-0.25, -0.2) is 9.97 Å². The molecule has 0 saturated heterocycles. The van der Waals surface area contributed by atoms with Crippen LogP contribution in [-0.4, -0.2) is 41.0 Å². The van der Waals surface area contributed by atoms with Crippen LogP contribution in [-0.2, 0) is 27.3 Å². The molecule has 3 rings (SSSR count). The molecule has 0 radical (unpaired) electrons. The highest BCUT2D eigenvalue weighted by Gasteiger charge is 2.30. The number of carbonyl (C=O) groups is 1. The Morgan fingerprint density at radius 3 is 2.89 bits per heavy atom. The largest absolute Gasteiger partial charge is 0.497 e. The number of hydrogen-bond donors (Lipinski definition) is 0. The van der Waals surface area contributed by atoms with E-state index in [9.17, 15) is 4.79 Å². The van der Waals surface area contributed by atoms with Gasteiger partial charge in [-0.1, -0.05) is 23.9 Å². The number of fused-ring (bicyclic) bond motifs is 1. The van der Waals surface area contributed by atoms with Crippen LogP contribution in [0.1, 0.15) is 32.0 Å². The molecular formula is C20H24N2O4S. The van der Waals surface area contributed by atoms with Gasteiger partial charge < -0.3 is 14.2 Å². The summed E-state index contributed by atoms with van der Waals surface area (Å²) in [5.74, 6) is 1.32. The number of aromatic nitrogens is 2. The minimum Gasteiger partial charge on any atom is -0.497 e. The molecule has 0 amide bonds. The van der Waals surface area contributed by atoms with Gasteiger partial charge in [0, 0.05) is 17.5 Å². The zero-order valence-corrected chi connectivity index (χ0v) is 16.9. The lowest BCUT2D eigenvalue weighted by Gasteiger charge is -2.32. The van der Waals surface area contributed by atoms with Crippen LogP contribution >= 0.6 is 11.8 Å². The van der Waals surface area contributed by atoms with E-state index < -0.39 is 0 Å². The van der Waals surface area contributed by atoms with Crippen molar-refractivity contribution in [2.75, 3.05) is 19.5 Å². The molecule has 6 nitrogen and oxygen atoms in total. The van der Waals surface area contributed by atoms with Gasteiger partial charge in [-0.05, 0) is 32.9 Å². The van der Waals surface area contributed by atoms with Crippen molar-refractivity contribution in [2.24, 2.45) is 0 Å². The second-order valence-electron chi connectivity index (χ2n) is 6.83. The highest BCUT2D eigenvalue weighted by atomic mass is 32.2. The molecular weight excluding hydrogens is 364 g/mol. The molecule has 2 aromatic rings. The third-order valence-electron chi connectivity index (χ3n) is 4.22. The van der Waals surface area contributed by atoms with Crippen LogP contribution in [0.25, 0.3) is 11.4 Å². The van der Waals surface area contributed by atoms with E-state index in [0.717, 1.165) is 27.6 Å². The first-order chi connectivity index (χ1) is 12.9. The average molecular weight is 388 g/mol. The van der Waals surface area contributed by atoms with Crippen LogP contribution in [0.4, 0.5) is 0 Å². The number of hydrogen-bond acceptors (Lipinski definition) is 7. The maximum absolute atomic E-state index is 11.8. The first-order valence-electron chi connectivity index (χ1n) is 8.88. The van der Waals surface area contributed by atoms with Crippen molar-refractivity contribution in [3.05, 3.63) is 35.5 Å². The lowest BCUT2D eigenvalue weighted by atomic mass is 9.96. The average Bonchev–Trinajstić information content (AvgIpc) is 2.65. The molecule has 0 atom stereocenters. The smallest absolute Gasteiger partial charge is 0.316 e. The van der Waals surface area contributed by atoms with Gasteiger partial charge in [-0.15, -0.1) is 0 Å². The van der Waals surface area contributed by atoms with Gasteiger partial charge in [0.1, 0.15) is 10.8 Å². The quantitative estimate of drug-likeness (QED) is 0.425. The van der Waals surface area contributed by atoms with Crippen molar-refractivity contribution in [1.82, 2.24) is 9.97 Å². The third kappa shape index (κ3) is 4.78. The zero-order chi connectivity index (χ0) is 19.4. The molecule has 0 saturated carbocycles. The molecule has 0 unspecified atom stereocenters. The standard InChI is InChI=1S/C20H24N2O4S/c1-5-25-17(23)12-27-19-15-11-26-20(2,3)10-16(15)21-18(22-19)13-7-6-8-14(9-13)24-4/h6-9H,5,10-12H2,1-4H3. The molecule has 1 aliphatic rings. The minimum atomic E-state index is -0.282. The summed E-state index contributed by atoms with van der Waals surface area (Å²) >= 11 is 1.37. The van der Waals surface area contributed by atoms with Crippen molar-refractivity contribution >= 4 is 17.7 Å². The normalized spacial score (nSPS) is 15.1. The molecule has 144 valence electrons. The molecule has 1 aromatic heterocycles. The van der Waals surface area contributed by atoms with E-state index in [0.29, 0.717) is 25.5 Å². The van der Waals surface area contributed by atoms with Gasteiger partial charge >= 0.3 is 5.97 Å². The summed E-state index contributed by atoms with van der Waals surface area (Å²) in [6.07, 6.45) is 0.689. The van der Waals surface area contributed by atoms with Crippen molar-refractivity contribution in [3.8, 4) is 17.1 Å². The van der Waals surface area contributed by atoms with Gasteiger partial charge in [0.15, 0.2) is 5.82 Å². The lowest BCUT2D eigenvalue weighted by molar-refractivity contribution is -0.139. The highest BCUT2D eigenvalue weighted by molar-refractivity contribution is 7.99. The van der Waals surface area contributed by atoms with Crippen LogP contribution in [0, 0.1) is 0 Å². The summed E-state index contributed by atoms with van der Waals surface area (Å²) < 4.78 is 16.3. The van der Waals surface area contributed by atoms with E-state index >= 15 is 0 Å². The molecule has 0 fully saturated rings. The Bertz CT molecular complexity index is 839. The number of esters is 1. The molecule has 0 aliphatic carbocycles. The fourth-order valence-corrected chi connectivity index (χ4v) is 3.70. The topological polar surface area (TPSA) is 70.5 Å². The Kier molecular flexibility index (Phi) is 6.01. The Labute approximate surface area is 163 Å². The van der Waals surface area contributed by atoms with Crippen molar-refractivity contribution < 1.29 is 19.0 Å². The van der Waals surface area contributed by atoms with Gasteiger partial charge in [-0.3, -0.25) is 4.79 Å². The molecule has 1 aromatic carbocycles. The van der Waals surface area contributed by atoms with Crippen LogP contribution < -0.4 is 4.74 Å². The second kappa shape index (κ2) is 8.27. The number of carbonyl (C=O) groups excluding carboxylic acids is 1. The molecule has 0 spiro atoms. The first kappa shape index (κ1) is 19.6. The van der Waals surface area contributed by atoms with Crippen LogP contribution in [0.2, 0.25) is 0 Å². The number of benzene rings is 1. The summed E-state index contributed by atoms with van der Waals surface area (Å²) in [4.78, 5) is 21.3. The molecule has 2 heterocycles. The Morgan fingerprint density at radius 1 is 1.33 bits per heavy atom. The summed E-state index contributed by atoms with van der Waals surface area (Å²) in [6.45, 7) is 6.70. The number of rotatable bonds is 6. The fraction of sp³-hybridized carbons (Fsp3) is 0.450. The van der Waals surface area contributed by atoms with Crippen molar-refractivity contribution in [2.45, 2.75) is 44.4 Å². The third-order valence-corrected chi connectivity index (χ3v) is 5.21.